The van der Waals surface area contributed by atoms with Crippen LogP contribution >= 0.6 is 11.6 Å². The number of nitrogens with one attached hydrogen (secondary N) is 2. The Bertz CT molecular complexity index is 1250. The van der Waals surface area contributed by atoms with Gasteiger partial charge in [0.1, 0.15) is 0 Å². The molecule has 36 heavy (non-hydrogen) atoms. The molecule has 1 atom stereocenters. The van der Waals surface area contributed by atoms with Gasteiger partial charge in [0.2, 0.25) is 0 Å². The molecule has 3 fully saturated rings. The van der Waals surface area contributed by atoms with Crippen LogP contribution in [-0.2, 0) is 6.42 Å². The normalized spacial score (nSPS) is 21.2. The van der Waals surface area contributed by atoms with Crippen molar-refractivity contribution in [1.29, 1.82) is 0 Å². The number of ether oxygens (including phenoxy) is 1. The van der Waals surface area contributed by atoms with Gasteiger partial charge in [-0.15, -0.1) is 0 Å². The minimum atomic E-state index is -0.0285. The van der Waals surface area contributed by atoms with Gasteiger partial charge >= 0.3 is 0 Å². The van der Waals surface area contributed by atoms with E-state index in [1.807, 2.05) is 6.07 Å². The first-order valence-electron chi connectivity index (χ1n) is 13.3. The highest BCUT2D eigenvalue weighted by molar-refractivity contribution is 6.32. The highest BCUT2D eigenvalue weighted by Gasteiger charge is 2.29. The van der Waals surface area contributed by atoms with Crippen LogP contribution in [0.3, 0.4) is 0 Å². The van der Waals surface area contributed by atoms with E-state index < -0.39 is 0 Å². The lowest BCUT2D eigenvalue weighted by atomic mass is 9.97. The molecule has 3 heterocycles. The Morgan fingerprint density at radius 2 is 1.94 bits per heavy atom. The molecule has 2 saturated heterocycles. The van der Waals surface area contributed by atoms with Crippen LogP contribution < -0.4 is 15.4 Å². The maximum Gasteiger partial charge on any atom is 0.176 e. The number of halogens is 1. The summed E-state index contributed by atoms with van der Waals surface area (Å²) < 4.78 is 5.35. The molecular formula is C29H35ClN4O2. The standard InChI is InChI=1S/C29H35ClN4O2/c1-36-27-15-20(14-25(30)29(27)35)19-4-5-26-24(13-19)28(21(16-32-26)12-18-2-3-18)33-22-7-10-34(11-8-22)23-6-9-31-17-23/h4-5,13-16,18,22-23,31,35H,2-3,6-12,17H2,1H3,(H,32,33). The number of hydrogen-bond acceptors (Lipinski definition) is 6. The first-order chi connectivity index (χ1) is 17.6. The van der Waals surface area contributed by atoms with Crippen molar-refractivity contribution in [3.05, 3.63) is 47.1 Å². The predicted octanol–water partition coefficient (Wildman–Crippen LogP) is 5.46. The highest BCUT2D eigenvalue weighted by Crippen LogP contribution is 2.41. The minimum Gasteiger partial charge on any atom is -0.503 e. The maximum atomic E-state index is 10.2. The molecule has 1 unspecified atom stereocenters. The summed E-state index contributed by atoms with van der Waals surface area (Å²) in [6, 6.07) is 11.2. The number of hydrogen-bond donors (Lipinski definition) is 3. The highest BCUT2D eigenvalue weighted by atomic mass is 35.5. The summed E-state index contributed by atoms with van der Waals surface area (Å²) in [5.74, 6) is 1.13. The van der Waals surface area contributed by atoms with E-state index in [4.69, 9.17) is 21.3 Å². The van der Waals surface area contributed by atoms with E-state index in [9.17, 15) is 5.11 Å². The van der Waals surface area contributed by atoms with Gasteiger partial charge in [0.25, 0.3) is 0 Å². The molecule has 3 aliphatic rings. The topological polar surface area (TPSA) is 69.7 Å². The number of aromatic hydroxyl groups is 1. The Morgan fingerprint density at radius 1 is 1.11 bits per heavy atom. The molecular weight excluding hydrogens is 472 g/mol. The Morgan fingerprint density at radius 3 is 2.67 bits per heavy atom. The largest absolute Gasteiger partial charge is 0.503 e. The van der Waals surface area contributed by atoms with Crippen molar-refractivity contribution in [2.24, 2.45) is 5.92 Å². The third kappa shape index (κ3) is 4.86. The van der Waals surface area contributed by atoms with Gasteiger partial charge in [-0.1, -0.05) is 17.7 Å². The molecule has 0 amide bonds. The molecule has 1 saturated carbocycles. The Hall–Kier alpha value is -2.54. The zero-order chi connectivity index (χ0) is 24.6. The molecule has 190 valence electrons. The fourth-order valence-corrected chi connectivity index (χ4v) is 6.04. The van der Waals surface area contributed by atoms with Crippen molar-refractivity contribution in [2.75, 3.05) is 38.6 Å². The number of phenolic OH excluding ortho intramolecular Hbond substituents is 1. The number of phenols is 1. The summed E-state index contributed by atoms with van der Waals surface area (Å²) in [6.07, 6.45) is 9.40. The van der Waals surface area contributed by atoms with Gasteiger partial charge < -0.3 is 20.5 Å². The fourth-order valence-electron chi connectivity index (χ4n) is 5.83. The summed E-state index contributed by atoms with van der Waals surface area (Å²) in [4.78, 5) is 7.51. The number of methoxy groups -OCH3 is 1. The predicted molar refractivity (Wildman–Crippen MR) is 146 cm³/mol. The van der Waals surface area contributed by atoms with Crippen molar-refractivity contribution >= 4 is 28.2 Å². The quantitative estimate of drug-likeness (QED) is 0.395. The first kappa shape index (κ1) is 23.8. The zero-order valence-electron chi connectivity index (χ0n) is 20.9. The van der Waals surface area contributed by atoms with E-state index in [1.165, 1.54) is 30.5 Å². The van der Waals surface area contributed by atoms with Crippen LogP contribution in [0.2, 0.25) is 5.02 Å². The average Bonchev–Trinajstić information content (AvgIpc) is 3.55. The van der Waals surface area contributed by atoms with Crippen LogP contribution in [0.4, 0.5) is 5.69 Å². The van der Waals surface area contributed by atoms with Crippen molar-refractivity contribution in [1.82, 2.24) is 15.2 Å². The van der Waals surface area contributed by atoms with Crippen molar-refractivity contribution in [2.45, 2.75) is 50.6 Å². The second-order valence-electron chi connectivity index (χ2n) is 10.6. The molecule has 7 heteroatoms. The van der Waals surface area contributed by atoms with Crippen LogP contribution in [0.5, 0.6) is 11.5 Å². The average molecular weight is 507 g/mol. The minimum absolute atomic E-state index is 0.0285. The Kier molecular flexibility index (Phi) is 6.67. The molecule has 1 aliphatic carbocycles. The number of aromatic nitrogens is 1. The van der Waals surface area contributed by atoms with Crippen molar-refractivity contribution < 1.29 is 9.84 Å². The van der Waals surface area contributed by atoms with Gasteiger partial charge in [-0.25, -0.2) is 0 Å². The Labute approximate surface area is 218 Å². The monoisotopic (exact) mass is 506 g/mol. The molecule has 0 radical (unpaired) electrons. The lowest BCUT2D eigenvalue weighted by Crippen LogP contribution is -2.45. The third-order valence-electron chi connectivity index (χ3n) is 8.16. The summed E-state index contributed by atoms with van der Waals surface area (Å²) in [7, 11) is 1.54. The molecule has 2 aromatic carbocycles. The number of fused-ring (bicyclic) bond motifs is 1. The van der Waals surface area contributed by atoms with Gasteiger partial charge in [-0.3, -0.25) is 9.88 Å². The molecule has 6 rings (SSSR count). The van der Waals surface area contributed by atoms with Crippen molar-refractivity contribution in [3.63, 3.8) is 0 Å². The maximum absolute atomic E-state index is 10.2. The van der Waals surface area contributed by atoms with Gasteiger partial charge in [0, 0.05) is 49.0 Å². The van der Waals surface area contributed by atoms with Gasteiger partial charge in [0.05, 0.1) is 17.6 Å². The van der Waals surface area contributed by atoms with Crippen LogP contribution in [0.15, 0.2) is 36.5 Å². The molecule has 0 bridgehead atoms. The molecule has 1 aromatic heterocycles. The van der Waals surface area contributed by atoms with Crippen LogP contribution in [-0.4, -0.2) is 60.4 Å². The zero-order valence-corrected chi connectivity index (χ0v) is 21.7. The molecule has 2 aliphatic heterocycles. The second-order valence-corrected chi connectivity index (χ2v) is 11.1. The van der Waals surface area contributed by atoms with Crippen LogP contribution in [0, 0.1) is 5.92 Å². The van der Waals surface area contributed by atoms with E-state index in [0.717, 1.165) is 73.4 Å². The van der Waals surface area contributed by atoms with Gasteiger partial charge in [0.15, 0.2) is 11.5 Å². The lowest BCUT2D eigenvalue weighted by molar-refractivity contribution is 0.166. The summed E-state index contributed by atoms with van der Waals surface area (Å²) in [5.41, 5.74) is 5.50. The molecule has 3 aromatic rings. The number of rotatable bonds is 7. The third-order valence-corrected chi connectivity index (χ3v) is 8.45. The van der Waals surface area contributed by atoms with Crippen LogP contribution in [0.25, 0.3) is 22.0 Å². The van der Waals surface area contributed by atoms with E-state index in [-0.39, 0.29) is 10.8 Å². The number of likely N-dealkylation sites (tertiary alicyclic amines) is 1. The van der Waals surface area contributed by atoms with Crippen molar-refractivity contribution in [3.8, 4) is 22.6 Å². The summed E-state index contributed by atoms with van der Waals surface area (Å²) in [5, 5.41) is 19.1. The van der Waals surface area contributed by atoms with E-state index in [0.29, 0.717) is 17.8 Å². The first-order valence-corrected chi connectivity index (χ1v) is 13.7. The number of piperidine rings is 1. The van der Waals surface area contributed by atoms with E-state index in [2.05, 4.69) is 39.9 Å². The molecule has 0 spiro atoms. The van der Waals surface area contributed by atoms with E-state index in [1.54, 1.807) is 13.2 Å². The number of pyridine rings is 1. The van der Waals surface area contributed by atoms with Crippen LogP contribution in [0.1, 0.15) is 37.7 Å². The number of benzene rings is 2. The summed E-state index contributed by atoms with van der Waals surface area (Å²) in [6.45, 7) is 4.59. The Balaban J connectivity index is 1.32. The van der Waals surface area contributed by atoms with E-state index >= 15 is 0 Å². The number of nitrogens with zero attached hydrogens (tertiary/aromatic N) is 2. The lowest BCUT2D eigenvalue weighted by Gasteiger charge is -2.36. The molecule has 3 N–H and O–H groups in total. The smallest absolute Gasteiger partial charge is 0.176 e. The molecule has 6 nitrogen and oxygen atoms in total. The van der Waals surface area contributed by atoms with Gasteiger partial charge in [-0.05, 0) is 91.9 Å². The SMILES string of the molecule is COc1cc(-c2ccc3ncc(CC4CC4)c(NC4CCN(C5CCNC5)CC4)c3c2)cc(Cl)c1O. The fraction of sp³-hybridized carbons (Fsp3) is 0.483. The second kappa shape index (κ2) is 10.1. The number of anilines is 1. The van der Waals surface area contributed by atoms with Gasteiger partial charge in [-0.2, -0.15) is 0 Å². The summed E-state index contributed by atoms with van der Waals surface area (Å²) >= 11 is 6.31.